The molecule has 0 aromatic carbocycles. The lowest BCUT2D eigenvalue weighted by atomic mass is 10.3. The number of hydrogen-bond donors (Lipinski definition) is 4. The van der Waals surface area contributed by atoms with Crippen LogP contribution in [0.15, 0.2) is 0 Å². The van der Waals surface area contributed by atoms with Crippen molar-refractivity contribution in [1.82, 2.24) is 10.6 Å². The van der Waals surface area contributed by atoms with Crippen molar-refractivity contribution in [1.29, 1.82) is 0 Å². The number of nitrogens with two attached hydrogens (primary N) is 1. The fourth-order valence-corrected chi connectivity index (χ4v) is 0.684. The predicted molar refractivity (Wildman–Crippen MR) is 47.3 cm³/mol. The first-order valence-corrected chi connectivity index (χ1v) is 3.97. The molecule has 0 fully saturated rings. The van der Waals surface area contributed by atoms with Crippen LogP contribution >= 0.6 is 0 Å². The first-order chi connectivity index (χ1) is 5.97. The molecule has 6 heteroatoms. The van der Waals surface area contributed by atoms with Gasteiger partial charge < -0.3 is 21.5 Å². The van der Waals surface area contributed by atoms with Crippen LogP contribution in [-0.4, -0.2) is 35.7 Å². The van der Waals surface area contributed by atoms with Crippen LogP contribution in [0.4, 0.5) is 4.79 Å². The highest BCUT2D eigenvalue weighted by Crippen LogP contribution is 1.82. The Morgan fingerprint density at radius 3 is 2.23 bits per heavy atom. The van der Waals surface area contributed by atoms with Crippen LogP contribution in [0.3, 0.4) is 0 Å². The third-order valence-corrected chi connectivity index (χ3v) is 1.26. The van der Waals surface area contributed by atoms with Crippen molar-refractivity contribution in [3.8, 4) is 0 Å². The minimum Gasteiger partial charge on any atom is -0.480 e. The van der Waals surface area contributed by atoms with Crippen molar-refractivity contribution in [3.63, 3.8) is 0 Å². The number of carboxylic acid groups (broad SMARTS) is 1. The molecular weight excluding hydrogens is 174 g/mol. The second-order valence-electron chi connectivity index (χ2n) is 2.90. The van der Waals surface area contributed by atoms with Crippen molar-refractivity contribution >= 4 is 12.0 Å². The molecule has 0 spiro atoms. The lowest BCUT2D eigenvalue weighted by molar-refractivity contribution is -0.138. The molecule has 0 saturated heterocycles. The number of hydrogen-bond acceptors (Lipinski definition) is 3. The SMILES string of the molecule is CC(C)NC(=O)N[C@@H](CN)C(=O)O. The summed E-state index contributed by atoms with van der Waals surface area (Å²) in [5, 5.41) is 13.3. The molecule has 0 unspecified atom stereocenters. The molecule has 0 rings (SSSR count). The first-order valence-electron chi connectivity index (χ1n) is 3.97. The number of aliphatic carboxylic acids is 1. The van der Waals surface area contributed by atoms with Gasteiger partial charge >= 0.3 is 12.0 Å². The van der Waals surface area contributed by atoms with E-state index in [-0.39, 0.29) is 12.6 Å². The summed E-state index contributed by atoms with van der Waals surface area (Å²) >= 11 is 0. The highest BCUT2D eigenvalue weighted by Gasteiger charge is 2.17. The van der Waals surface area contributed by atoms with E-state index in [9.17, 15) is 9.59 Å². The standard InChI is InChI=1S/C7H15N3O3/c1-4(2)9-7(13)10-5(3-8)6(11)12/h4-5H,3,8H2,1-2H3,(H,11,12)(H2,9,10,13)/t5-/m0/s1. The van der Waals surface area contributed by atoms with Gasteiger partial charge in [0.1, 0.15) is 6.04 Å². The van der Waals surface area contributed by atoms with Gasteiger partial charge in [-0.1, -0.05) is 0 Å². The van der Waals surface area contributed by atoms with Gasteiger partial charge in [-0.3, -0.25) is 0 Å². The van der Waals surface area contributed by atoms with Crippen molar-refractivity contribution < 1.29 is 14.7 Å². The van der Waals surface area contributed by atoms with E-state index in [1.54, 1.807) is 13.8 Å². The molecule has 2 amide bonds. The van der Waals surface area contributed by atoms with E-state index in [4.69, 9.17) is 10.8 Å². The lowest BCUT2D eigenvalue weighted by Gasteiger charge is -2.14. The zero-order chi connectivity index (χ0) is 10.4. The quantitative estimate of drug-likeness (QED) is 0.460. The van der Waals surface area contributed by atoms with Crippen LogP contribution in [0.1, 0.15) is 13.8 Å². The number of urea groups is 1. The van der Waals surface area contributed by atoms with Gasteiger partial charge in [-0.15, -0.1) is 0 Å². The molecule has 0 radical (unpaired) electrons. The molecule has 13 heavy (non-hydrogen) atoms. The van der Waals surface area contributed by atoms with Crippen LogP contribution < -0.4 is 16.4 Å². The molecule has 0 saturated carbocycles. The fourth-order valence-electron chi connectivity index (χ4n) is 0.684. The maximum Gasteiger partial charge on any atom is 0.327 e. The predicted octanol–water partition coefficient (Wildman–Crippen LogP) is -0.894. The number of nitrogens with one attached hydrogen (secondary N) is 2. The van der Waals surface area contributed by atoms with E-state index in [0.29, 0.717) is 0 Å². The van der Waals surface area contributed by atoms with Crippen LogP contribution in [0.25, 0.3) is 0 Å². The van der Waals surface area contributed by atoms with E-state index in [2.05, 4.69) is 10.6 Å². The van der Waals surface area contributed by atoms with E-state index in [1.165, 1.54) is 0 Å². The Morgan fingerprint density at radius 2 is 1.92 bits per heavy atom. The maximum atomic E-state index is 11.0. The number of carboxylic acids is 1. The van der Waals surface area contributed by atoms with Crippen molar-refractivity contribution in [2.75, 3.05) is 6.54 Å². The molecule has 0 aliphatic heterocycles. The molecule has 0 aromatic heterocycles. The largest absolute Gasteiger partial charge is 0.480 e. The first kappa shape index (κ1) is 11.7. The molecule has 0 aliphatic carbocycles. The molecule has 0 aliphatic rings. The number of carbonyl (C=O) groups excluding carboxylic acids is 1. The minimum atomic E-state index is -1.14. The van der Waals surface area contributed by atoms with E-state index in [1.807, 2.05) is 0 Å². The minimum absolute atomic E-state index is 0.0350. The molecule has 5 N–H and O–H groups in total. The molecule has 1 atom stereocenters. The van der Waals surface area contributed by atoms with E-state index < -0.39 is 18.0 Å². The number of carbonyl (C=O) groups is 2. The molecule has 0 heterocycles. The van der Waals surface area contributed by atoms with E-state index >= 15 is 0 Å². The molecule has 0 aromatic rings. The number of amides is 2. The second-order valence-corrected chi connectivity index (χ2v) is 2.90. The summed E-state index contributed by atoms with van der Waals surface area (Å²) in [5.74, 6) is -1.14. The van der Waals surface area contributed by atoms with Gasteiger partial charge in [-0.05, 0) is 13.8 Å². The van der Waals surface area contributed by atoms with Crippen LogP contribution in [0.2, 0.25) is 0 Å². The summed E-state index contributed by atoms with van der Waals surface area (Å²) in [5.41, 5.74) is 5.13. The Labute approximate surface area is 76.5 Å². The Kier molecular flexibility index (Phi) is 4.83. The summed E-state index contributed by atoms with van der Waals surface area (Å²) in [6, 6.07) is -1.58. The zero-order valence-electron chi connectivity index (χ0n) is 7.70. The van der Waals surface area contributed by atoms with Crippen LogP contribution in [-0.2, 0) is 4.79 Å². The average molecular weight is 189 g/mol. The Morgan fingerprint density at radius 1 is 1.38 bits per heavy atom. The molecule has 6 nitrogen and oxygen atoms in total. The smallest absolute Gasteiger partial charge is 0.327 e. The van der Waals surface area contributed by atoms with Crippen molar-refractivity contribution in [2.45, 2.75) is 25.9 Å². The van der Waals surface area contributed by atoms with Gasteiger partial charge in [0.25, 0.3) is 0 Å². The van der Waals surface area contributed by atoms with Gasteiger partial charge in [0.2, 0.25) is 0 Å². The topological polar surface area (TPSA) is 104 Å². The molecular formula is C7H15N3O3. The molecule has 0 bridgehead atoms. The summed E-state index contributed by atoms with van der Waals surface area (Å²) in [6.07, 6.45) is 0. The Hall–Kier alpha value is -1.30. The Balaban J connectivity index is 3.94. The fraction of sp³-hybridized carbons (Fsp3) is 0.714. The zero-order valence-corrected chi connectivity index (χ0v) is 7.70. The lowest BCUT2D eigenvalue weighted by Crippen LogP contribution is -2.50. The Bertz CT molecular complexity index is 193. The normalized spacial score (nSPS) is 12.3. The van der Waals surface area contributed by atoms with Crippen LogP contribution in [0.5, 0.6) is 0 Å². The monoisotopic (exact) mass is 189 g/mol. The number of rotatable bonds is 4. The second kappa shape index (κ2) is 5.36. The summed E-state index contributed by atoms with van der Waals surface area (Å²) in [6.45, 7) is 3.43. The van der Waals surface area contributed by atoms with Gasteiger partial charge in [-0.25, -0.2) is 9.59 Å². The maximum absolute atomic E-state index is 11.0. The van der Waals surface area contributed by atoms with E-state index in [0.717, 1.165) is 0 Å². The van der Waals surface area contributed by atoms with Crippen molar-refractivity contribution in [2.24, 2.45) is 5.73 Å². The third-order valence-electron chi connectivity index (χ3n) is 1.26. The van der Waals surface area contributed by atoms with Crippen molar-refractivity contribution in [3.05, 3.63) is 0 Å². The summed E-state index contributed by atoms with van der Waals surface area (Å²) in [7, 11) is 0. The van der Waals surface area contributed by atoms with Gasteiger partial charge in [0.05, 0.1) is 0 Å². The highest BCUT2D eigenvalue weighted by atomic mass is 16.4. The van der Waals surface area contributed by atoms with Gasteiger partial charge in [0.15, 0.2) is 0 Å². The summed E-state index contributed by atoms with van der Waals surface area (Å²) < 4.78 is 0. The third kappa shape index (κ3) is 5.02. The van der Waals surface area contributed by atoms with Gasteiger partial charge in [0, 0.05) is 12.6 Å². The van der Waals surface area contributed by atoms with Gasteiger partial charge in [-0.2, -0.15) is 0 Å². The highest BCUT2D eigenvalue weighted by molar-refractivity contribution is 5.82. The summed E-state index contributed by atoms with van der Waals surface area (Å²) in [4.78, 5) is 21.4. The average Bonchev–Trinajstić information content (AvgIpc) is 1.98. The van der Waals surface area contributed by atoms with Crippen LogP contribution in [0, 0.1) is 0 Å². The molecule has 76 valence electrons.